The lowest BCUT2D eigenvalue weighted by Crippen LogP contribution is -2.04. The van der Waals surface area contributed by atoms with E-state index in [4.69, 9.17) is 11.6 Å². The van der Waals surface area contributed by atoms with Crippen LogP contribution in [-0.2, 0) is 0 Å². The number of thiophene rings is 1. The van der Waals surface area contributed by atoms with Crippen LogP contribution in [0.5, 0.6) is 0 Å². The smallest absolute Gasteiger partial charge is 0.172 e. The number of aromatic nitrogens is 2. The highest BCUT2D eigenvalue weighted by Crippen LogP contribution is 2.34. The van der Waals surface area contributed by atoms with Crippen LogP contribution in [0.4, 0.5) is 5.82 Å². The molecule has 1 N–H and O–H groups in total. The number of hydrogen-bond acceptors (Lipinski definition) is 4. The lowest BCUT2D eigenvalue weighted by Gasteiger charge is -2.12. The molecule has 6 heteroatoms. The summed E-state index contributed by atoms with van der Waals surface area (Å²) in [5, 5.41) is 3.08. The summed E-state index contributed by atoms with van der Waals surface area (Å²) in [6, 6.07) is 3.81. The van der Waals surface area contributed by atoms with Gasteiger partial charge in [0.05, 0.1) is 19.4 Å². The second-order valence-electron chi connectivity index (χ2n) is 4.10. The molecule has 96 valence electrons. The van der Waals surface area contributed by atoms with Gasteiger partial charge >= 0.3 is 0 Å². The summed E-state index contributed by atoms with van der Waals surface area (Å²) < 4.78 is 1.67. The zero-order valence-electron chi connectivity index (χ0n) is 10.3. The summed E-state index contributed by atoms with van der Waals surface area (Å²) >= 11 is 11.0. The molecule has 3 nitrogen and oxygen atoms in total. The van der Waals surface area contributed by atoms with E-state index in [1.54, 1.807) is 0 Å². The molecule has 0 bridgehead atoms. The standard InChI is InChI=1S/C12H13BrClN3S/c1-6(2)10-9(13)12(15-3)17-11(16-10)7-4-5-8(14)18-7/h4-6H,1-3H3,(H,15,16,17). The average molecular weight is 347 g/mol. The minimum absolute atomic E-state index is 0.323. The van der Waals surface area contributed by atoms with Crippen LogP contribution in [0.25, 0.3) is 10.7 Å². The van der Waals surface area contributed by atoms with E-state index in [0.29, 0.717) is 11.7 Å². The van der Waals surface area contributed by atoms with Gasteiger partial charge in [-0.25, -0.2) is 9.97 Å². The van der Waals surface area contributed by atoms with Crippen molar-refractivity contribution in [3.63, 3.8) is 0 Å². The Balaban J connectivity index is 2.58. The van der Waals surface area contributed by atoms with Crippen molar-refractivity contribution in [2.45, 2.75) is 19.8 Å². The van der Waals surface area contributed by atoms with Gasteiger partial charge < -0.3 is 5.32 Å². The Bertz CT molecular complexity index is 568. The molecule has 0 aliphatic carbocycles. The van der Waals surface area contributed by atoms with Crippen LogP contribution < -0.4 is 5.32 Å². The first-order valence-corrected chi connectivity index (χ1v) is 7.52. The molecule has 2 aromatic rings. The molecular formula is C12H13BrClN3S. The SMILES string of the molecule is CNc1nc(-c2ccc(Cl)s2)nc(C(C)C)c1Br. The number of anilines is 1. The Morgan fingerprint density at radius 1 is 1.33 bits per heavy atom. The first kappa shape index (κ1) is 13.8. The van der Waals surface area contributed by atoms with Gasteiger partial charge in [-0.2, -0.15) is 0 Å². The molecule has 0 saturated heterocycles. The van der Waals surface area contributed by atoms with Crippen molar-refractivity contribution in [1.82, 2.24) is 9.97 Å². The second kappa shape index (κ2) is 5.55. The molecule has 18 heavy (non-hydrogen) atoms. The van der Waals surface area contributed by atoms with Gasteiger partial charge in [0.25, 0.3) is 0 Å². The van der Waals surface area contributed by atoms with E-state index in [1.807, 2.05) is 19.2 Å². The zero-order valence-corrected chi connectivity index (χ0v) is 13.4. The summed E-state index contributed by atoms with van der Waals surface area (Å²) in [5.74, 6) is 1.83. The third-order valence-corrected chi connectivity index (χ3v) is 4.46. The fourth-order valence-corrected chi connectivity index (χ4v) is 3.37. The molecule has 0 saturated carbocycles. The highest BCUT2D eigenvalue weighted by atomic mass is 79.9. The molecule has 0 aromatic carbocycles. The van der Waals surface area contributed by atoms with Gasteiger partial charge in [-0.3, -0.25) is 0 Å². The van der Waals surface area contributed by atoms with Gasteiger partial charge in [0.2, 0.25) is 0 Å². The summed E-state index contributed by atoms with van der Waals surface area (Å²) in [7, 11) is 1.85. The summed E-state index contributed by atoms with van der Waals surface area (Å²) in [6.45, 7) is 4.22. The predicted octanol–water partition coefficient (Wildman–Crippen LogP) is 4.79. The zero-order chi connectivity index (χ0) is 13.3. The Hall–Kier alpha value is -0.650. The first-order chi connectivity index (χ1) is 8.52. The fourth-order valence-electron chi connectivity index (χ4n) is 1.56. The Morgan fingerprint density at radius 3 is 2.56 bits per heavy atom. The third kappa shape index (κ3) is 2.68. The lowest BCUT2D eigenvalue weighted by molar-refractivity contribution is 0.811. The minimum Gasteiger partial charge on any atom is -0.372 e. The van der Waals surface area contributed by atoms with Gasteiger partial charge in [0.1, 0.15) is 5.82 Å². The normalized spacial score (nSPS) is 11.0. The highest BCUT2D eigenvalue weighted by Gasteiger charge is 2.16. The number of hydrogen-bond donors (Lipinski definition) is 1. The van der Waals surface area contributed by atoms with Crippen molar-refractivity contribution >= 4 is 44.7 Å². The topological polar surface area (TPSA) is 37.8 Å². The van der Waals surface area contributed by atoms with Gasteiger partial charge in [0.15, 0.2) is 5.82 Å². The molecule has 0 atom stereocenters. The predicted molar refractivity (Wildman–Crippen MR) is 81.7 cm³/mol. The van der Waals surface area contributed by atoms with Crippen LogP contribution >= 0.6 is 38.9 Å². The van der Waals surface area contributed by atoms with Crippen LogP contribution in [0.15, 0.2) is 16.6 Å². The molecule has 0 spiro atoms. The van der Waals surface area contributed by atoms with E-state index in [0.717, 1.165) is 25.2 Å². The minimum atomic E-state index is 0.323. The van der Waals surface area contributed by atoms with E-state index in [9.17, 15) is 0 Å². The fraction of sp³-hybridized carbons (Fsp3) is 0.333. The Labute approximate surface area is 124 Å². The molecule has 0 radical (unpaired) electrons. The van der Waals surface area contributed by atoms with Gasteiger partial charge in [-0.15, -0.1) is 11.3 Å². The highest BCUT2D eigenvalue weighted by molar-refractivity contribution is 9.10. The third-order valence-electron chi connectivity index (χ3n) is 2.45. The molecule has 2 aromatic heterocycles. The van der Waals surface area contributed by atoms with E-state index >= 15 is 0 Å². The Kier molecular flexibility index (Phi) is 4.25. The maximum atomic E-state index is 5.96. The molecule has 0 fully saturated rings. The first-order valence-electron chi connectivity index (χ1n) is 5.53. The van der Waals surface area contributed by atoms with E-state index in [1.165, 1.54) is 11.3 Å². The number of nitrogens with zero attached hydrogens (tertiary/aromatic N) is 2. The van der Waals surface area contributed by atoms with E-state index in [2.05, 4.69) is 45.1 Å². The number of halogens is 2. The lowest BCUT2D eigenvalue weighted by atomic mass is 10.1. The largest absolute Gasteiger partial charge is 0.372 e. The van der Waals surface area contributed by atoms with Gasteiger partial charge in [0, 0.05) is 7.05 Å². The van der Waals surface area contributed by atoms with Crippen molar-refractivity contribution in [3.8, 4) is 10.7 Å². The van der Waals surface area contributed by atoms with Crippen molar-refractivity contribution in [1.29, 1.82) is 0 Å². The number of rotatable bonds is 3. The van der Waals surface area contributed by atoms with Crippen molar-refractivity contribution in [2.75, 3.05) is 12.4 Å². The van der Waals surface area contributed by atoms with Crippen LogP contribution in [-0.4, -0.2) is 17.0 Å². The molecular weight excluding hydrogens is 334 g/mol. The quantitative estimate of drug-likeness (QED) is 0.868. The maximum absolute atomic E-state index is 5.96. The van der Waals surface area contributed by atoms with Crippen LogP contribution in [0.1, 0.15) is 25.5 Å². The summed E-state index contributed by atoms with van der Waals surface area (Å²) in [4.78, 5) is 10.1. The molecule has 0 unspecified atom stereocenters. The van der Waals surface area contributed by atoms with Crippen molar-refractivity contribution < 1.29 is 0 Å². The molecule has 0 aliphatic rings. The summed E-state index contributed by atoms with van der Waals surface area (Å²) in [6.07, 6.45) is 0. The second-order valence-corrected chi connectivity index (χ2v) is 6.61. The van der Waals surface area contributed by atoms with Crippen molar-refractivity contribution in [2.24, 2.45) is 0 Å². The maximum Gasteiger partial charge on any atom is 0.172 e. The van der Waals surface area contributed by atoms with Crippen molar-refractivity contribution in [3.05, 3.63) is 26.6 Å². The van der Waals surface area contributed by atoms with Crippen LogP contribution in [0, 0.1) is 0 Å². The van der Waals surface area contributed by atoms with E-state index < -0.39 is 0 Å². The van der Waals surface area contributed by atoms with E-state index in [-0.39, 0.29) is 0 Å². The van der Waals surface area contributed by atoms with Crippen LogP contribution in [0.3, 0.4) is 0 Å². The van der Waals surface area contributed by atoms with Crippen LogP contribution in [0.2, 0.25) is 4.34 Å². The molecule has 0 aliphatic heterocycles. The average Bonchev–Trinajstić information content (AvgIpc) is 2.76. The number of nitrogens with one attached hydrogen (secondary N) is 1. The van der Waals surface area contributed by atoms with Gasteiger partial charge in [-0.05, 0) is 34.0 Å². The summed E-state index contributed by atoms with van der Waals surface area (Å²) in [5.41, 5.74) is 0.994. The Morgan fingerprint density at radius 2 is 2.06 bits per heavy atom. The monoisotopic (exact) mass is 345 g/mol. The van der Waals surface area contributed by atoms with Gasteiger partial charge in [-0.1, -0.05) is 25.4 Å². The molecule has 2 heterocycles. The molecule has 0 amide bonds. The molecule has 2 rings (SSSR count).